The molecule has 25 heavy (non-hydrogen) atoms. The summed E-state index contributed by atoms with van der Waals surface area (Å²) in [5.41, 5.74) is 2.08. The Labute approximate surface area is 149 Å². The minimum absolute atomic E-state index is 0.0962. The van der Waals surface area contributed by atoms with Crippen LogP contribution in [0.5, 0.6) is 0 Å². The first kappa shape index (κ1) is 21.0. The van der Waals surface area contributed by atoms with Gasteiger partial charge >= 0.3 is 0 Å². The van der Waals surface area contributed by atoms with E-state index in [9.17, 15) is 13.2 Å². The highest BCUT2D eigenvalue weighted by Gasteiger charge is 2.16. The molecule has 0 saturated heterocycles. The first-order valence-corrected chi connectivity index (χ1v) is 9.95. The summed E-state index contributed by atoms with van der Waals surface area (Å²) < 4.78 is 25.9. The lowest BCUT2D eigenvalue weighted by Crippen LogP contribution is -2.37. The molecule has 0 aromatic heterocycles. The summed E-state index contributed by atoms with van der Waals surface area (Å²) in [4.78, 5) is 12.4. The Bertz CT molecular complexity index is 723. The maximum Gasteiger partial charge on any atom is 0.261 e. The van der Waals surface area contributed by atoms with Crippen LogP contribution in [0, 0.1) is 0 Å². The van der Waals surface area contributed by atoms with Gasteiger partial charge in [0.15, 0.2) is 5.78 Å². The van der Waals surface area contributed by atoms with Crippen molar-refractivity contribution in [2.24, 2.45) is 0 Å². The zero-order chi connectivity index (χ0) is 18.7. The summed E-state index contributed by atoms with van der Waals surface area (Å²) in [5.74, 6) is 0.182. The molecule has 1 atom stereocenters. The molecular weight excluding hydrogens is 338 g/mol. The summed E-state index contributed by atoms with van der Waals surface area (Å²) in [5, 5.41) is 3.37. The highest BCUT2D eigenvalue weighted by atomic mass is 32.2. The zero-order valence-corrected chi connectivity index (χ0v) is 15.4. The molecule has 0 unspecified atom stereocenters. The molecule has 2 aromatic carbocycles. The molecule has 136 valence electrons. The standard InChI is InChI=1S/C18H21NO.CH4O3S/c1-2-17(18(20)16-11-7-4-8-12-16)19-14-13-15-9-5-3-6-10-15;1-5(2,3)4/h3-12,17,19H,2,13-14H2,1H3;1H3,(H,2,3,4)/t17-;/m0./s1. The average molecular weight is 363 g/mol. The second kappa shape index (κ2) is 10.8. The molecule has 0 fully saturated rings. The van der Waals surface area contributed by atoms with Crippen LogP contribution >= 0.6 is 0 Å². The number of hydrogen-bond donors (Lipinski definition) is 2. The van der Waals surface area contributed by atoms with Crippen molar-refractivity contribution in [3.8, 4) is 0 Å². The van der Waals surface area contributed by atoms with E-state index in [2.05, 4.69) is 17.4 Å². The van der Waals surface area contributed by atoms with E-state index in [0.29, 0.717) is 6.26 Å². The normalized spacial score (nSPS) is 12.0. The van der Waals surface area contributed by atoms with Gasteiger partial charge in [0, 0.05) is 5.56 Å². The van der Waals surface area contributed by atoms with Gasteiger partial charge in [-0.25, -0.2) is 0 Å². The molecule has 0 heterocycles. The van der Waals surface area contributed by atoms with Crippen molar-refractivity contribution >= 4 is 15.9 Å². The van der Waals surface area contributed by atoms with Crippen LogP contribution in [0.4, 0.5) is 0 Å². The van der Waals surface area contributed by atoms with Gasteiger partial charge in [0.2, 0.25) is 0 Å². The Morgan fingerprint density at radius 2 is 1.52 bits per heavy atom. The number of benzene rings is 2. The molecule has 0 aliphatic rings. The van der Waals surface area contributed by atoms with Gasteiger partial charge in [0.05, 0.1) is 12.3 Å². The number of ketones is 1. The lowest BCUT2D eigenvalue weighted by atomic mass is 10.0. The number of carbonyl (C=O) groups excluding carboxylic acids is 1. The lowest BCUT2D eigenvalue weighted by molar-refractivity contribution is 0.0941. The second-order valence-corrected chi connectivity index (χ2v) is 7.08. The molecular formula is C19H25NO4S. The monoisotopic (exact) mass is 363 g/mol. The smallest absolute Gasteiger partial charge is 0.261 e. The maximum atomic E-state index is 12.4. The predicted octanol–water partition coefficient (Wildman–Crippen LogP) is 2.98. The van der Waals surface area contributed by atoms with E-state index in [1.54, 1.807) is 0 Å². The summed E-state index contributed by atoms with van der Waals surface area (Å²) in [6.07, 6.45) is 2.47. The molecule has 0 aliphatic heterocycles. The number of rotatable bonds is 7. The molecule has 0 spiro atoms. The number of Topliss-reactive ketones (excluding diaryl/α,β-unsaturated/α-hetero) is 1. The molecule has 0 aliphatic carbocycles. The van der Waals surface area contributed by atoms with Gasteiger partial charge in [-0.05, 0) is 24.9 Å². The third kappa shape index (κ3) is 9.76. The van der Waals surface area contributed by atoms with E-state index < -0.39 is 10.1 Å². The van der Waals surface area contributed by atoms with E-state index >= 15 is 0 Å². The van der Waals surface area contributed by atoms with E-state index in [1.807, 2.05) is 55.5 Å². The van der Waals surface area contributed by atoms with Gasteiger partial charge < -0.3 is 5.32 Å². The molecule has 2 aromatic rings. The minimum atomic E-state index is -3.67. The number of nitrogens with one attached hydrogen (secondary N) is 1. The Kier molecular flexibility index (Phi) is 9.05. The fraction of sp³-hybridized carbons (Fsp3) is 0.316. The fourth-order valence-electron chi connectivity index (χ4n) is 2.26. The lowest BCUT2D eigenvalue weighted by Gasteiger charge is -2.16. The SMILES string of the molecule is CC[C@H](NCCc1ccccc1)C(=O)c1ccccc1.CS(=O)(=O)O. The van der Waals surface area contributed by atoms with Gasteiger partial charge in [-0.3, -0.25) is 9.35 Å². The van der Waals surface area contributed by atoms with Crippen molar-refractivity contribution in [3.05, 3.63) is 71.8 Å². The number of carbonyl (C=O) groups is 1. The third-order valence-electron chi connectivity index (χ3n) is 3.43. The van der Waals surface area contributed by atoms with Crippen LogP contribution in [0.2, 0.25) is 0 Å². The molecule has 2 N–H and O–H groups in total. The first-order valence-electron chi connectivity index (χ1n) is 8.10. The molecule has 6 heteroatoms. The van der Waals surface area contributed by atoms with Gasteiger partial charge in [-0.2, -0.15) is 8.42 Å². The molecule has 0 bridgehead atoms. The molecule has 0 radical (unpaired) electrons. The highest BCUT2D eigenvalue weighted by Crippen LogP contribution is 2.06. The van der Waals surface area contributed by atoms with Gasteiger partial charge in [0.25, 0.3) is 10.1 Å². The summed E-state index contributed by atoms with van der Waals surface area (Å²) in [7, 11) is -3.67. The van der Waals surface area contributed by atoms with Crippen LogP contribution in [0.15, 0.2) is 60.7 Å². The van der Waals surface area contributed by atoms with Crippen molar-refractivity contribution in [1.29, 1.82) is 0 Å². The summed E-state index contributed by atoms with van der Waals surface area (Å²) >= 11 is 0. The third-order valence-corrected chi connectivity index (χ3v) is 3.43. The van der Waals surface area contributed by atoms with Gasteiger partial charge in [0.1, 0.15) is 0 Å². The highest BCUT2D eigenvalue weighted by molar-refractivity contribution is 7.85. The van der Waals surface area contributed by atoms with Crippen LogP contribution in [0.1, 0.15) is 29.3 Å². The van der Waals surface area contributed by atoms with E-state index in [-0.39, 0.29) is 11.8 Å². The molecule has 2 rings (SSSR count). The average Bonchev–Trinajstić information content (AvgIpc) is 2.58. The predicted molar refractivity (Wildman–Crippen MR) is 100 cm³/mol. The Morgan fingerprint density at radius 1 is 1.04 bits per heavy atom. The Balaban J connectivity index is 0.000000550. The molecule has 0 amide bonds. The minimum Gasteiger partial charge on any atom is -0.307 e. The molecule has 5 nitrogen and oxygen atoms in total. The van der Waals surface area contributed by atoms with Crippen LogP contribution < -0.4 is 5.32 Å². The Hall–Kier alpha value is -2.02. The van der Waals surface area contributed by atoms with Crippen LogP contribution in [0.25, 0.3) is 0 Å². The van der Waals surface area contributed by atoms with Gasteiger partial charge in [-0.15, -0.1) is 0 Å². The fourth-order valence-corrected chi connectivity index (χ4v) is 2.26. The molecule has 0 saturated carbocycles. The van der Waals surface area contributed by atoms with Crippen molar-refractivity contribution in [2.75, 3.05) is 12.8 Å². The van der Waals surface area contributed by atoms with Crippen molar-refractivity contribution in [1.82, 2.24) is 5.32 Å². The Morgan fingerprint density at radius 3 is 2.00 bits per heavy atom. The van der Waals surface area contributed by atoms with Crippen LogP contribution in [-0.2, 0) is 16.5 Å². The quantitative estimate of drug-likeness (QED) is 0.584. The van der Waals surface area contributed by atoms with Crippen molar-refractivity contribution in [2.45, 2.75) is 25.8 Å². The van der Waals surface area contributed by atoms with Crippen molar-refractivity contribution in [3.63, 3.8) is 0 Å². The summed E-state index contributed by atoms with van der Waals surface area (Å²) in [6, 6.07) is 19.7. The zero-order valence-electron chi connectivity index (χ0n) is 14.6. The summed E-state index contributed by atoms with van der Waals surface area (Å²) in [6.45, 7) is 2.86. The van der Waals surface area contributed by atoms with E-state index in [4.69, 9.17) is 4.55 Å². The van der Waals surface area contributed by atoms with Crippen LogP contribution in [-0.4, -0.2) is 37.6 Å². The topological polar surface area (TPSA) is 83.5 Å². The van der Waals surface area contributed by atoms with E-state index in [1.165, 1.54) is 5.56 Å². The van der Waals surface area contributed by atoms with Gasteiger partial charge in [-0.1, -0.05) is 67.6 Å². The largest absolute Gasteiger partial charge is 0.307 e. The first-order chi connectivity index (χ1) is 11.8. The van der Waals surface area contributed by atoms with Crippen molar-refractivity contribution < 1.29 is 17.8 Å². The maximum absolute atomic E-state index is 12.4. The van der Waals surface area contributed by atoms with Crippen LogP contribution in [0.3, 0.4) is 0 Å². The number of hydrogen-bond acceptors (Lipinski definition) is 4. The second-order valence-electron chi connectivity index (χ2n) is 5.61. The van der Waals surface area contributed by atoms with E-state index in [0.717, 1.165) is 24.9 Å².